The first-order valence-electron chi connectivity index (χ1n) is 8.91. The van der Waals surface area contributed by atoms with Crippen molar-refractivity contribution in [3.05, 3.63) is 17.0 Å². The van der Waals surface area contributed by atoms with Gasteiger partial charge in [-0.15, -0.1) is 0 Å². The van der Waals surface area contributed by atoms with Crippen molar-refractivity contribution in [1.82, 2.24) is 20.2 Å². The Kier molecular flexibility index (Phi) is 7.65. The largest absolute Gasteiger partial charge is 0.373 e. The summed E-state index contributed by atoms with van der Waals surface area (Å²) in [5, 5.41) is 3.81. The third-order valence-corrected chi connectivity index (χ3v) is 4.98. The van der Waals surface area contributed by atoms with Gasteiger partial charge in [0.1, 0.15) is 0 Å². The molecule has 1 saturated heterocycles. The van der Waals surface area contributed by atoms with E-state index < -0.39 is 0 Å². The van der Waals surface area contributed by atoms with Crippen molar-refractivity contribution in [2.75, 3.05) is 32.4 Å². The molecule has 1 aromatic rings. The average molecular weight is 367 g/mol. The van der Waals surface area contributed by atoms with Gasteiger partial charge in [0.05, 0.1) is 12.2 Å². The van der Waals surface area contributed by atoms with Crippen molar-refractivity contribution in [1.29, 1.82) is 0 Å². The van der Waals surface area contributed by atoms with Crippen LogP contribution in [-0.4, -0.2) is 65.4 Å². The zero-order chi connectivity index (χ0) is 18.4. The van der Waals surface area contributed by atoms with Crippen LogP contribution in [0.4, 0.5) is 0 Å². The van der Waals surface area contributed by atoms with Crippen LogP contribution in [0, 0.1) is 13.8 Å². The normalized spacial score (nSPS) is 21.3. The van der Waals surface area contributed by atoms with Gasteiger partial charge in [0, 0.05) is 44.0 Å². The monoisotopic (exact) mass is 366 g/mol. The summed E-state index contributed by atoms with van der Waals surface area (Å²) in [6, 6.07) is 0. The Labute approximate surface area is 155 Å². The summed E-state index contributed by atoms with van der Waals surface area (Å²) < 4.78 is 5.73. The fourth-order valence-electron chi connectivity index (χ4n) is 3.31. The predicted octanol–water partition coefficient (Wildman–Crippen LogP) is 1.97. The van der Waals surface area contributed by atoms with E-state index in [1.165, 1.54) is 11.8 Å². The molecule has 0 saturated carbocycles. The molecule has 0 aliphatic carbocycles. The second-order valence-electron chi connectivity index (χ2n) is 6.73. The van der Waals surface area contributed by atoms with Gasteiger partial charge in [0.2, 0.25) is 5.91 Å². The molecule has 140 valence electrons. The average Bonchev–Trinajstić information content (AvgIpc) is 2.53. The quantitative estimate of drug-likeness (QED) is 0.588. The Morgan fingerprint density at radius 1 is 1.24 bits per heavy atom. The van der Waals surface area contributed by atoms with Crippen molar-refractivity contribution in [2.45, 2.75) is 57.9 Å². The molecular formula is C18H30N4O2S. The summed E-state index contributed by atoms with van der Waals surface area (Å²) in [7, 11) is 0. The van der Waals surface area contributed by atoms with Crippen molar-refractivity contribution < 1.29 is 9.53 Å². The van der Waals surface area contributed by atoms with Gasteiger partial charge in [-0.2, -0.15) is 0 Å². The zero-order valence-electron chi connectivity index (χ0n) is 16.0. The molecule has 1 N–H and O–H groups in total. The molecule has 2 atom stereocenters. The minimum absolute atomic E-state index is 0.0853. The van der Waals surface area contributed by atoms with Gasteiger partial charge >= 0.3 is 0 Å². The summed E-state index contributed by atoms with van der Waals surface area (Å²) in [4.78, 5) is 23.4. The second-order valence-corrected chi connectivity index (χ2v) is 7.50. The molecule has 0 aromatic carbocycles. The van der Waals surface area contributed by atoms with Crippen LogP contribution in [0.1, 0.15) is 37.2 Å². The number of thioether (sulfide) groups is 1. The summed E-state index contributed by atoms with van der Waals surface area (Å²) in [6.45, 7) is 11.6. The maximum absolute atomic E-state index is 12.1. The minimum atomic E-state index is 0.0853. The summed E-state index contributed by atoms with van der Waals surface area (Å²) in [6.07, 6.45) is 3.64. The molecule has 1 aliphatic rings. The van der Waals surface area contributed by atoms with E-state index in [1.54, 1.807) is 0 Å². The van der Waals surface area contributed by atoms with Crippen LogP contribution in [0.15, 0.2) is 5.16 Å². The number of nitrogens with zero attached hydrogens (tertiary/aromatic N) is 3. The third-order valence-electron chi connectivity index (χ3n) is 4.43. The minimum Gasteiger partial charge on any atom is -0.373 e. The van der Waals surface area contributed by atoms with Crippen LogP contribution in [-0.2, 0) is 16.0 Å². The van der Waals surface area contributed by atoms with Crippen LogP contribution in [0.5, 0.6) is 0 Å². The number of morpholine rings is 1. The van der Waals surface area contributed by atoms with E-state index in [0.29, 0.717) is 19.4 Å². The number of amides is 1. The zero-order valence-corrected chi connectivity index (χ0v) is 16.8. The van der Waals surface area contributed by atoms with E-state index in [9.17, 15) is 4.79 Å². The number of aromatic nitrogens is 2. The Hall–Kier alpha value is -1.18. The lowest BCUT2D eigenvalue weighted by atomic mass is 10.1. The number of ether oxygens (including phenoxy) is 1. The van der Waals surface area contributed by atoms with E-state index in [0.717, 1.165) is 41.7 Å². The van der Waals surface area contributed by atoms with Gasteiger partial charge in [0.25, 0.3) is 0 Å². The van der Waals surface area contributed by atoms with E-state index in [-0.39, 0.29) is 18.1 Å². The van der Waals surface area contributed by atoms with Crippen LogP contribution < -0.4 is 5.32 Å². The van der Waals surface area contributed by atoms with Crippen LogP contribution in [0.3, 0.4) is 0 Å². The summed E-state index contributed by atoms with van der Waals surface area (Å²) >= 11 is 1.54. The summed E-state index contributed by atoms with van der Waals surface area (Å²) in [5.41, 5.74) is 3.03. The van der Waals surface area contributed by atoms with Crippen molar-refractivity contribution in [3.63, 3.8) is 0 Å². The topological polar surface area (TPSA) is 67.4 Å². The van der Waals surface area contributed by atoms with Crippen LogP contribution in [0.25, 0.3) is 0 Å². The number of nitrogens with one attached hydrogen (secondary N) is 1. The molecule has 6 nitrogen and oxygen atoms in total. The molecule has 25 heavy (non-hydrogen) atoms. The highest BCUT2D eigenvalue weighted by atomic mass is 32.2. The van der Waals surface area contributed by atoms with Gasteiger partial charge in [0.15, 0.2) is 5.16 Å². The SMILES string of the molecule is CSc1nc(C)c(CCC(=O)NCCN2CC(C)OC(C)C2)c(C)n1. The number of hydrogen-bond donors (Lipinski definition) is 1. The number of rotatable bonds is 7. The first kappa shape index (κ1) is 20.1. The number of hydrogen-bond acceptors (Lipinski definition) is 6. The van der Waals surface area contributed by atoms with E-state index >= 15 is 0 Å². The van der Waals surface area contributed by atoms with E-state index in [2.05, 4.69) is 34.0 Å². The standard InChI is InChI=1S/C18H30N4O2S/c1-12-10-22(11-13(2)24-12)9-8-19-17(23)7-6-16-14(3)20-18(25-5)21-15(16)4/h12-13H,6-11H2,1-5H3,(H,19,23). The lowest BCUT2D eigenvalue weighted by molar-refractivity contribution is -0.121. The van der Waals surface area contributed by atoms with E-state index in [1.807, 2.05) is 20.1 Å². The highest BCUT2D eigenvalue weighted by Gasteiger charge is 2.21. The fraction of sp³-hybridized carbons (Fsp3) is 0.722. The maximum Gasteiger partial charge on any atom is 0.220 e. The number of carbonyl (C=O) groups excluding carboxylic acids is 1. The molecule has 0 bridgehead atoms. The maximum atomic E-state index is 12.1. The molecule has 1 aliphatic heterocycles. The Bertz CT molecular complexity index is 563. The lowest BCUT2D eigenvalue weighted by Gasteiger charge is -2.35. The molecule has 2 heterocycles. The predicted molar refractivity (Wildman–Crippen MR) is 101 cm³/mol. The molecule has 1 amide bonds. The molecule has 2 unspecified atom stereocenters. The Balaban J connectivity index is 1.74. The molecule has 1 aromatic heterocycles. The van der Waals surface area contributed by atoms with Gasteiger partial charge in [-0.05, 0) is 45.9 Å². The first-order chi connectivity index (χ1) is 11.9. The highest BCUT2D eigenvalue weighted by molar-refractivity contribution is 7.98. The third kappa shape index (κ3) is 6.24. The van der Waals surface area contributed by atoms with Crippen LogP contribution >= 0.6 is 11.8 Å². The second kappa shape index (κ2) is 9.50. The van der Waals surface area contributed by atoms with Crippen molar-refractivity contribution in [2.24, 2.45) is 0 Å². The molecule has 1 fully saturated rings. The highest BCUT2D eigenvalue weighted by Crippen LogP contribution is 2.17. The van der Waals surface area contributed by atoms with Crippen molar-refractivity contribution in [3.8, 4) is 0 Å². The summed E-state index contributed by atoms with van der Waals surface area (Å²) in [5.74, 6) is 0.0853. The molecule has 0 radical (unpaired) electrons. The van der Waals surface area contributed by atoms with Crippen molar-refractivity contribution >= 4 is 17.7 Å². The molecular weight excluding hydrogens is 336 g/mol. The molecule has 7 heteroatoms. The fourth-order valence-corrected chi connectivity index (χ4v) is 3.77. The van der Waals surface area contributed by atoms with Gasteiger partial charge in [-0.1, -0.05) is 11.8 Å². The Morgan fingerprint density at radius 2 is 1.84 bits per heavy atom. The van der Waals surface area contributed by atoms with Gasteiger partial charge < -0.3 is 10.1 Å². The number of carbonyl (C=O) groups is 1. The molecule has 0 spiro atoms. The molecule has 2 rings (SSSR count). The lowest BCUT2D eigenvalue weighted by Crippen LogP contribution is -2.47. The Morgan fingerprint density at radius 3 is 2.40 bits per heavy atom. The van der Waals surface area contributed by atoms with E-state index in [4.69, 9.17) is 4.74 Å². The van der Waals surface area contributed by atoms with Gasteiger partial charge in [-0.3, -0.25) is 9.69 Å². The van der Waals surface area contributed by atoms with Gasteiger partial charge in [-0.25, -0.2) is 9.97 Å². The number of aryl methyl sites for hydroxylation is 2. The smallest absolute Gasteiger partial charge is 0.220 e. The van der Waals surface area contributed by atoms with Crippen LogP contribution in [0.2, 0.25) is 0 Å². The first-order valence-corrected chi connectivity index (χ1v) is 10.1.